The summed E-state index contributed by atoms with van der Waals surface area (Å²) >= 11 is 1.79. The van der Waals surface area contributed by atoms with Crippen LogP contribution in [0.3, 0.4) is 0 Å². The molecule has 4 rings (SSSR count). The van der Waals surface area contributed by atoms with Crippen LogP contribution in [-0.2, 0) is 38.0 Å². The lowest BCUT2D eigenvalue weighted by atomic mass is 10.3. The maximum atomic E-state index is 12.1. The quantitative estimate of drug-likeness (QED) is 0.593. The molecule has 0 bridgehead atoms. The zero-order valence-electron chi connectivity index (χ0n) is 17.0. The Balaban J connectivity index is 0.000000360. The molecule has 172 valence electrons. The number of nitrogens with zero attached hydrogens (tertiary/aromatic N) is 5. The number of aromatic nitrogens is 4. The van der Waals surface area contributed by atoms with E-state index < -0.39 is 12.1 Å². The number of nitrogens with one attached hydrogen (secondary N) is 1. The minimum absolute atomic E-state index is 0.126. The maximum Gasteiger partial charge on any atom is 0.490 e. The average molecular weight is 470 g/mol. The number of aliphatic carboxylic acids is 1. The first-order valence-corrected chi connectivity index (χ1v) is 10.4. The Kier molecular flexibility index (Phi) is 7.30. The minimum atomic E-state index is -5.08. The van der Waals surface area contributed by atoms with Crippen LogP contribution in [0.2, 0.25) is 0 Å². The number of rotatable bonds is 5. The van der Waals surface area contributed by atoms with Crippen molar-refractivity contribution in [1.29, 1.82) is 0 Å². The number of hydrogen-bond acceptors (Lipinski definition) is 6. The van der Waals surface area contributed by atoms with Gasteiger partial charge in [-0.3, -0.25) is 14.4 Å². The highest BCUT2D eigenvalue weighted by atomic mass is 32.1. The highest BCUT2D eigenvalue weighted by molar-refractivity contribution is 7.09. The summed E-state index contributed by atoms with van der Waals surface area (Å²) in [7, 11) is 1.79. The first-order chi connectivity index (χ1) is 15.1. The monoisotopic (exact) mass is 470 g/mol. The number of halogens is 3. The van der Waals surface area contributed by atoms with Gasteiger partial charge in [-0.2, -0.15) is 18.3 Å². The number of thiophene rings is 1. The third-order valence-corrected chi connectivity index (χ3v) is 5.39. The lowest BCUT2D eigenvalue weighted by molar-refractivity contribution is -0.192. The molecule has 0 fully saturated rings. The van der Waals surface area contributed by atoms with E-state index in [1.807, 2.05) is 6.20 Å². The van der Waals surface area contributed by atoms with E-state index in [-0.39, 0.29) is 5.91 Å². The molecule has 13 heteroatoms. The van der Waals surface area contributed by atoms with Crippen molar-refractivity contribution < 1.29 is 27.9 Å². The Labute approximate surface area is 185 Å². The zero-order valence-corrected chi connectivity index (χ0v) is 17.9. The van der Waals surface area contributed by atoms with Gasteiger partial charge in [0, 0.05) is 44.0 Å². The van der Waals surface area contributed by atoms with Crippen LogP contribution in [-0.4, -0.2) is 53.9 Å². The number of amides is 1. The third-order valence-electron chi connectivity index (χ3n) is 4.53. The molecule has 2 N–H and O–H groups in total. The van der Waals surface area contributed by atoms with Gasteiger partial charge < -0.3 is 15.0 Å². The summed E-state index contributed by atoms with van der Waals surface area (Å²) in [5, 5.41) is 16.2. The number of carboxylic acids is 1. The molecule has 0 spiro atoms. The van der Waals surface area contributed by atoms with Crippen molar-refractivity contribution in [3.63, 3.8) is 0 Å². The largest absolute Gasteiger partial charge is 0.490 e. The van der Waals surface area contributed by atoms with Crippen molar-refractivity contribution in [2.75, 3.05) is 6.54 Å². The van der Waals surface area contributed by atoms with Crippen LogP contribution in [0, 0.1) is 0 Å². The van der Waals surface area contributed by atoms with Crippen LogP contribution in [0.25, 0.3) is 0 Å². The molecule has 32 heavy (non-hydrogen) atoms. The maximum absolute atomic E-state index is 12.1. The average Bonchev–Trinajstić information content (AvgIpc) is 3.46. The second kappa shape index (κ2) is 9.96. The van der Waals surface area contributed by atoms with Crippen molar-refractivity contribution in [3.8, 4) is 0 Å². The van der Waals surface area contributed by atoms with E-state index in [1.165, 1.54) is 4.88 Å². The molecule has 0 radical (unpaired) electrons. The zero-order chi connectivity index (χ0) is 23.3. The number of hydrogen-bond donors (Lipinski definition) is 2. The molecule has 1 amide bonds. The smallest absolute Gasteiger partial charge is 0.475 e. The highest BCUT2D eigenvalue weighted by Crippen LogP contribution is 2.18. The van der Waals surface area contributed by atoms with Gasteiger partial charge in [-0.25, -0.2) is 9.78 Å². The van der Waals surface area contributed by atoms with Crippen LogP contribution >= 0.6 is 11.3 Å². The van der Waals surface area contributed by atoms with Gasteiger partial charge in [0.15, 0.2) is 0 Å². The van der Waals surface area contributed by atoms with Crippen molar-refractivity contribution in [2.24, 2.45) is 7.05 Å². The Hall–Kier alpha value is -3.19. The first-order valence-electron chi connectivity index (χ1n) is 9.48. The minimum Gasteiger partial charge on any atom is -0.475 e. The van der Waals surface area contributed by atoms with E-state index in [1.54, 1.807) is 35.5 Å². The summed E-state index contributed by atoms with van der Waals surface area (Å²) in [4.78, 5) is 29.5. The molecule has 0 saturated heterocycles. The summed E-state index contributed by atoms with van der Waals surface area (Å²) < 4.78 is 35.5. The number of carbonyl (C=O) groups is 2. The van der Waals surface area contributed by atoms with Crippen molar-refractivity contribution >= 4 is 23.2 Å². The van der Waals surface area contributed by atoms with Crippen LogP contribution in [0.4, 0.5) is 13.2 Å². The topological polar surface area (TPSA) is 105 Å². The molecule has 1 aliphatic heterocycles. The van der Waals surface area contributed by atoms with Crippen LogP contribution in [0.5, 0.6) is 0 Å². The molecule has 3 aromatic rings. The van der Waals surface area contributed by atoms with Crippen LogP contribution in [0.15, 0.2) is 36.1 Å². The van der Waals surface area contributed by atoms with Crippen LogP contribution < -0.4 is 5.32 Å². The Bertz CT molecular complexity index is 1060. The Morgan fingerprint density at radius 2 is 2.03 bits per heavy atom. The summed E-state index contributed by atoms with van der Waals surface area (Å²) in [6.07, 6.45) is 0.229. The van der Waals surface area contributed by atoms with E-state index in [9.17, 15) is 18.0 Å². The molecule has 0 saturated carbocycles. The van der Waals surface area contributed by atoms with Gasteiger partial charge >= 0.3 is 12.1 Å². The van der Waals surface area contributed by atoms with Gasteiger partial charge in [-0.15, -0.1) is 11.3 Å². The Morgan fingerprint density at radius 1 is 1.28 bits per heavy atom. The normalized spacial score (nSPS) is 13.8. The number of carboxylic acid groups (broad SMARTS) is 1. The molecule has 0 atom stereocenters. The second-order valence-electron chi connectivity index (χ2n) is 7.02. The lowest BCUT2D eigenvalue weighted by Gasteiger charge is -2.26. The van der Waals surface area contributed by atoms with Gasteiger partial charge in [0.1, 0.15) is 5.82 Å². The number of carbonyl (C=O) groups excluding carboxylic acids is 1. The van der Waals surface area contributed by atoms with Gasteiger partial charge in [0.2, 0.25) is 0 Å². The molecule has 0 aromatic carbocycles. The molecule has 1 aliphatic rings. The van der Waals surface area contributed by atoms with Gasteiger partial charge in [-0.1, -0.05) is 6.07 Å². The predicted molar refractivity (Wildman–Crippen MR) is 109 cm³/mol. The van der Waals surface area contributed by atoms with Crippen molar-refractivity contribution in [3.05, 3.63) is 58.1 Å². The number of alkyl halides is 3. The first kappa shape index (κ1) is 23.5. The molecule has 4 heterocycles. The van der Waals surface area contributed by atoms with E-state index in [0.29, 0.717) is 12.1 Å². The number of imidazole rings is 1. The number of aryl methyl sites for hydroxylation is 1. The molecule has 9 nitrogen and oxygen atoms in total. The molecular weight excluding hydrogens is 449 g/mol. The Morgan fingerprint density at radius 3 is 2.62 bits per heavy atom. The van der Waals surface area contributed by atoms with Gasteiger partial charge in [-0.05, 0) is 11.4 Å². The summed E-state index contributed by atoms with van der Waals surface area (Å²) in [5.74, 6) is -1.82. The van der Waals surface area contributed by atoms with E-state index >= 15 is 0 Å². The molecule has 3 aromatic heterocycles. The predicted octanol–water partition coefficient (Wildman–Crippen LogP) is 2.26. The van der Waals surface area contributed by atoms with E-state index in [2.05, 4.69) is 37.4 Å². The fraction of sp³-hybridized carbons (Fsp3) is 0.368. The SMILES string of the molecule is Cn1cc(C(=O)NCc2cn3c(n2)CN(Cc2cccs2)CC3)cn1.O=C(O)C(F)(F)F. The fourth-order valence-corrected chi connectivity index (χ4v) is 3.76. The summed E-state index contributed by atoms with van der Waals surface area (Å²) in [5.41, 5.74) is 1.46. The third kappa shape index (κ3) is 6.40. The van der Waals surface area contributed by atoms with Gasteiger partial charge in [0.05, 0.1) is 30.5 Å². The van der Waals surface area contributed by atoms with E-state index in [0.717, 1.165) is 37.7 Å². The lowest BCUT2D eigenvalue weighted by Crippen LogP contribution is -2.32. The molecular formula is C19H21F3N6O3S. The molecule has 0 unspecified atom stereocenters. The van der Waals surface area contributed by atoms with E-state index in [4.69, 9.17) is 14.9 Å². The summed E-state index contributed by atoms with van der Waals surface area (Å²) in [6.45, 7) is 4.19. The van der Waals surface area contributed by atoms with Crippen molar-refractivity contribution in [2.45, 2.75) is 32.4 Å². The number of fused-ring (bicyclic) bond motifs is 1. The van der Waals surface area contributed by atoms with Crippen molar-refractivity contribution in [1.82, 2.24) is 29.5 Å². The van der Waals surface area contributed by atoms with Gasteiger partial charge in [0.25, 0.3) is 5.91 Å². The molecule has 0 aliphatic carbocycles. The highest BCUT2D eigenvalue weighted by Gasteiger charge is 2.38. The second-order valence-corrected chi connectivity index (χ2v) is 8.05. The summed E-state index contributed by atoms with van der Waals surface area (Å²) in [6, 6.07) is 4.26. The fourth-order valence-electron chi connectivity index (χ4n) is 3.02. The standard InChI is InChI=1S/C17H20N6OS.C2HF3O2/c1-21-9-13(7-19-21)17(24)18-8-14-10-23-5-4-22(12-16(23)20-14)11-15-3-2-6-25-15;3-2(4,5)1(6)7/h2-3,6-7,9-10H,4-5,8,11-12H2,1H3,(H,18,24);(H,6,7). The van der Waals surface area contributed by atoms with Crippen LogP contribution in [0.1, 0.15) is 26.8 Å².